The summed E-state index contributed by atoms with van der Waals surface area (Å²) in [4.78, 5) is 26.6. The van der Waals surface area contributed by atoms with Gasteiger partial charge >= 0.3 is 12.1 Å². The van der Waals surface area contributed by atoms with Crippen molar-refractivity contribution < 1.29 is 19.4 Å². The molecule has 0 fully saturated rings. The highest BCUT2D eigenvalue weighted by molar-refractivity contribution is 5.84. The molecule has 1 atom stereocenters. The Hall–Kier alpha value is -3.51. The van der Waals surface area contributed by atoms with Crippen molar-refractivity contribution in [3.63, 3.8) is 0 Å². The SMILES string of the molecule is C[C@@](CCCN=[N+]=[N-])(NC(=O)OCC1c2ccccc2-c2ccccc21)C(=O)O. The van der Waals surface area contributed by atoms with Crippen LogP contribution in [0.2, 0.25) is 0 Å². The van der Waals surface area contributed by atoms with E-state index in [0.717, 1.165) is 22.3 Å². The molecule has 1 aliphatic carbocycles. The van der Waals surface area contributed by atoms with Gasteiger partial charge in [0.25, 0.3) is 0 Å². The number of carboxylic acid groups (broad SMARTS) is 1. The Labute approximate surface area is 168 Å². The first-order chi connectivity index (χ1) is 14.0. The lowest BCUT2D eigenvalue weighted by atomic mass is 9.96. The monoisotopic (exact) mass is 394 g/mol. The number of nitrogens with one attached hydrogen (secondary N) is 1. The predicted octanol–water partition coefficient (Wildman–Crippen LogP) is 4.46. The molecule has 3 rings (SSSR count). The number of ether oxygens (including phenoxy) is 1. The molecule has 29 heavy (non-hydrogen) atoms. The van der Waals surface area contributed by atoms with Gasteiger partial charge in [-0.2, -0.15) is 0 Å². The van der Waals surface area contributed by atoms with Crippen molar-refractivity contribution in [2.24, 2.45) is 5.11 Å². The van der Waals surface area contributed by atoms with Crippen LogP contribution in [0.1, 0.15) is 36.8 Å². The van der Waals surface area contributed by atoms with E-state index in [-0.39, 0.29) is 25.5 Å². The van der Waals surface area contributed by atoms with Crippen LogP contribution < -0.4 is 5.32 Å². The van der Waals surface area contributed by atoms with E-state index in [9.17, 15) is 14.7 Å². The van der Waals surface area contributed by atoms with Crippen LogP contribution in [-0.2, 0) is 9.53 Å². The molecule has 0 spiro atoms. The minimum atomic E-state index is -1.51. The van der Waals surface area contributed by atoms with Crippen molar-refractivity contribution in [3.8, 4) is 11.1 Å². The molecule has 0 saturated heterocycles. The number of hydrogen-bond donors (Lipinski definition) is 2. The number of carboxylic acids is 1. The zero-order chi connectivity index (χ0) is 20.9. The quantitative estimate of drug-likeness (QED) is 0.297. The van der Waals surface area contributed by atoms with Gasteiger partial charge in [0.05, 0.1) is 0 Å². The Balaban J connectivity index is 1.67. The molecule has 0 saturated carbocycles. The minimum absolute atomic E-state index is 0.103. The smallest absolute Gasteiger partial charge is 0.408 e. The third-order valence-corrected chi connectivity index (χ3v) is 5.19. The Bertz CT molecular complexity index is 925. The van der Waals surface area contributed by atoms with Crippen LogP contribution in [-0.4, -0.2) is 35.9 Å². The highest BCUT2D eigenvalue weighted by Crippen LogP contribution is 2.44. The fraction of sp³-hybridized carbons (Fsp3) is 0.333. The number of benzene rings is 2. The van der Waals surface area contributed by atoms with Gasteiger partial charge < -0.3 is 15.2 Å². The number of aliphatic carboxylic acids is 1. The van der Waals surface area contributed by atoms with E-state index in [4.69, 9.17) is 10.3 Å². The number of alkyl carbamates (subject to hydrolysis) is 1. The van der Waals surface area contributed by atoms with E-state index in [1.54, 1.807) is 0 Å². The van der Waals surface area contributed by atoms with Gasteiger partial charge in [-0.3, -0.25) is 0 Å². The highest BCUT2D eigenvalue weighted by Gasteiger charge is 2.35. The molecule has 0 radical (unpaired) electrons. The van der Waals surface area contributed by atoms with E-state index in [2.05, 4.69) is 15.3 Å². The fourth-order valence-electron chi connectivity index (χ4n) is 3.63. The lowest BCUT2D eigenvalue weighted by Crippen LogP contribution is -2.52. The number of carbonyl (C=O) groups excluding carboxylic acids is 1. The summed E-state index contributed by atoms with van der Waals surface area (Å²) in [6.07, 6.45) is -0.345. The number of carbonyl (C=O) groups is 2. The first kappa shape index (κ1) is 20.2. The van der Waals surface area contributed by atoms with Gasteiger partial charge in [-0.1, -0.05) is 53.6 Å². The molecular weight excluding hydrogens is 372 g/mol. The van der Waals surface area contributed by atoms with Gasteiger partial charge in [-0.05, 0) is 47.6 Å². The van der Waals surface area contributed by atoms with Crippen LogP contribution in [0.3, 0.4) is 0 Å². The normalized spacial score (nSPS) is 14.1. The lowest BCUT2D eigenvalue weighted by molar-refractivity contribution is -0.144. The minimum Gasteiger partial charge on any atom is -0.480 e. The Kier molecular flexibility index (Phi) is 6.04. The van der Waals surface area contributed by atoms with E-state index >= 15 is 0 Å². The van der Waals surface area contributed by atoms with E-state index in [1.807, 2.05) is 48.5 Å². The molecule has 1 amide bonds. The van der Waals surface area contributed by atoms with E-state index in [1.165, 1.54) is 6.92 Å². The summed E-state index contributed by atoms with van der Waals surface area (Å²) in [7, 11) is 0. The van der Waals surface area contributed by atoms with Gasteiger partial charge in [-0.15, -0.1) is 0 Å². The molecular formula is C21H22N4O4. The summed E-state index contributed by atoms with van der Waals surface area (Å²) in [5, 5.41) is 15.3. The molecule has 0 bridgehead atoms. The van der Waals surface area contributed by atoms with Crippen LogP contribution in [0, 0.1) is 0 Å². The second kappa shape index (κ2) is 8.67. The number of hydrogen-bond acceptors (Lipinski definition) is 4. The molecule has 0 aromatic heterocycles. The maximum atomic E-state index is 12.4. The van der Waals surface area contributed by atoms with Gasteiger partial charge in [0.2, 0.25) is 0 Å². The number of amides is 1. The third-order valence-electron chi connectivity index (χ3n) is 5.19. The van der Waals surface area contributed by atoms with Gasteiger partial charge in [0.1, 0.15) is 12.1 Å². The maximum Gasteiger partial charge on any atom is 0.408 e. The molecule has 8 heteroatoms. The first-order valence-electron chi connectivity index (χ1n) is 9.33. The van der Waals surface area contributed by atoms with Crippen molar-refractivity contribution in [2.45, 2.75) is 31.2 Å². The first-order valence-corrected chi connectivity index (χ1v) is 9.33. The van der Waals surface area contributed by atoms with Crippen LogP contribution in [0.5, 0.6) is 0 Å². The fourth-order valence-corrected chi connectivity index (χ4v) is 3.63. The van der Waals surface area contributed by atoms with Gasteiger partial charge in [-0.25, -0.2) is 9.59 Å². The molecule has 1 aliphatic rings. The zero-order valence-corrected chi connectivity index (χ0v) is 16.0. The van der Waals surface area contributed by atoms with Crippen molar-refractivity contribution in [1.82, 2.24) is 5.32 Å². The number of fused-ring (bicyclic) bond motifs is 3. The molecule has 8 nitrogen and oxygen atoms in total. The van der Waals surface area contributed by atoms with Crippen LogP contribution >= 0.6 is 0 Å². The van der Waals surface area contributed by atoms with Crippen LogP contribution in [0.15, 0.2) is 53.6 Å². The molecule has 2 aromatic rings. The van der Waals surface area contributed by atoms with Crippen LogP contribution in [0.25, 0.3) is 21.6 Å². The van der Waals surface area contributed by atoms with Crippen molar-refractivity contribution in [2.75, 3.05) is 13.2 Å². The van der Waals surface area contributed by atoms with E-state index in [0.29, 0.717) is 6.42 Å². The Morgan fingerprint density at radius 3 is 2.31 bits per heavy atom. The Morgan fingerprint density at radius 2 is 1.76 bits per heavy atom. The molecule has 2 aromatic carbocycles. The topological polar surface area (TPSA) is 124 Å². The highest BCUT2D eigenvalue weighted by atomic mass is 16.5. The number of azide groups is 1. The maximum absolute atomic E-state index is 12.4. The third kappa shape index (κ3) is 4.33. The zero-order valence-electron chi connectivity index (χ0n) is 16.0. The number of nitrogens with zero attached hydrogens (tertiary/aromatic N) is 3. The standard InChI is InChI=1S/C21H22N4O4/c1-21(19(26)27,11-6-12-23-25-22)24-20(28)29-13-18-16-9-4-2-7-14(16)15-8-3-5-10-17(15)18/h2-5,7-10,18H,6,11-13H2,1H3,(H,24,28)(H,26,27)/t21-/m0/s1. The van der Waals surface area contributed by atoms with Crippen LogP contribution in [0.4, 0.5) is 4.79 Å². The van der Waals surface area contributed by atoms with Crippen molar-refractivity contribution in [1.29, 1.82) is 0 Å². The molecule has 0 unspecified atom stereocenters. The van der Waals surface area contributed by atoms with E-state index < -0.39 is 17.6 Å². The van der Waals surface area contributed by atoms with Gasteiger partial charge in [0.15, 0.2) is 0 Å². The summed E-state index contributed by atoms with van der Waals surface area (Å²) >= 11 is 0. The summed E-state index contributed by atoms with van der Waals surface area (Å²) in [5.41, 5.74) is 11.2. The molecule has 150 valence electrons. The average Bonchev–Trinajstić information content (AvgIpc) is 3.03. The van der Waals surface area contributed by atoms with Crippen molar-refractivity contribution in [3.05, 3.63) is 70.1 Å². The second-order valence-electron chi connectivity index (χ2n) is 7.15. The summed E-state index contributed by atoms with van der Waals surface area (Å²) in [6.45, 7) is 1.67. The van der Waals surface area contributed by atoms with Gasteiger partial charge in [0, 0.05) is 17.4 Å². The predicted molar refractivity (Wildman–Crippen MR) is 107 cm³/mol. The largest absolute Gasteiger partial charge is 0.480 e. The van der Waals surface area contributed by atoms with Crippen molar-refractivity contribution >= 4 is 12.1 Å². The average molecular weight is 394 g/mol. The molecule has 0 heterocycles. The number of rotatable bonds is 8. The molecule has 0 aliphatic heterocycles. The Morgan fingerprint density at radius 1 is 1.17 bits per heavy atom. The summed E-state index contributed by atoms with van der Waals surface area (Å²) in [5.74, 6) is -1.28. The summed E-state index contributed by atoms with van der Waals surface area (Å²) in [6, 6.07) is 15.9. The second-order valence-corrected chi connectivity index (χ2v) is 7.15. The molecule has 2 N–H and O–H groups in total. The lowest BCUT2D eigenvalue weighted by Gasteiger charge is -2.26. The summed E-state index contributed by atoms with van der Waals surface area (Å²) < 4.78 is 5.42.